The molecule has 0 aliphatic carbocycles. The van der Waals surface area contributed by atoms with E-state index in [-0.39, 0.29) is 24.0 Å². The minimum absolute atomic E-state index is 0.130. The lowest BCUT2D eigenvalue weighted by Crippen LogP contribution is -2.53. The first-order valence-electron chi connectivity index (χ1n) is 10.6. The number of nitrogens with one attached hydrogen (secondary N) is 3. The number of para-hydroxylation sites is 1. The van der Waals surface area contributed by atoms with E-state index < -0.39 is 12.1 Å². The first-order chi connectivity index (χ1) is 16.4. The molecule has 2 aromatic carbocycles. The van der Waals surface area contributed by atoms with Crippen molar-refractivity contribution in [3.8, 4) is 11.4 Å². The van der Waals surface area contributed by atoms with Gasteiger partial charge in [0.2, 0.25) is 11.8 Å². The molecule has 1 aliphatic heterocycles. The van der Waals surface area contributed by atoms with Crippen LogP contribution in [0, 0.1) is 6.92 Å². The van der Waals surface area contributed by atoms with Crippen LogP contribution in [0.1, 0.15) is 17.8 Å². The molecule has 1 aromatic heterocycles. The lowest BCUT2D eigenvalue weighted by Gasteiger charge is -2.23. The van der Waals surface area contributed by atoms with Crippen molar-refractivity contribution in [3.63, 3.8) is 0 Å². The molecule has 0 bridgehead atoms. The first kappa shape index (κ1) is 23.3. The summed E-state index contributed by atoms with van der Waals surface area (Å²) >= 11 is 1.25. The number of hydrogen-bond acceptors (Lipinski definition) is 7. The Balaban J connectivity index is 1.55. The number of ether oxygens (including phenoxy) is 1. The Hall–Kier alpha value is -3.86. The summed E-state index contributed by atoms with van der Waals surface area (Å²) in [7, 11) is 1.59. The fourth-order valence-electron chi connectivity index (χ4n) is 3.56. The summed E-state index contributed by atoms with van der Waals surface area (Å²) in [6.07, 6.45) is 0.441. The van der Waals surface area contributed by atoms with Gasteiger partial charge < -0.3 is 15.4 Å². The molecule has 0 spiro atoms. The predicted molar refractivity (Wildman–Crippen MR) is 127 cm³/mol. The Labute approximate surface area is 200 Å². The summed E-state index contributed by atoms with van der Waals surface area (Å²) in [6, 6.07) is 14.0. The molecule has 34 heavy (non-hydrogen) atoms. The van der Waals surface area contributed by atoms with Gasteiger partial charge in [0.05, 0.1) is 12.9 Å². The number of carbonyl (C=O) groups excluding carboxylic acids is 3. The molecule has 11 heteroatoms. The van der Waals surface area contributed by atoms with E-state index in [1.54, 1.807) is 7.11 Å². The van der Waals surface area contributed by atoms with E-state index >= 15 is 0 Å². The van der Waals surface area contributed by atoms with Crippen molar-refractivity contribution >= 4 is 35.3 Å². The maximum atomic E-state index is 12.6. The zero-order valence-electron chi connectivity index (χ0n) is 18.7. The number of benzene rings is 2. The molecule has 2 heterocycles. The molecule has 3 aromatic rings. The minimum Gasteiger partial charge on any atom is -0.497 e. The van der Waals surface area contributed by atoms with Gasteiger partial charge in [-0.2, -0.15) is 0 Å². The number of nitrogens with zero attached hydrogens (tertiary/aromatic N) is 3. The summed E-state index contributed by atoms with van der Waals surface area (Å²) in [5.41, 5.74) is 2.51. The van der Waals surface area contributed by atoms with Crippen LogP contribution in [0.3, 0.4) is 0 Å². The van der Waals surface area contributed by atoms with Crippen molar-refractivity contribution in [2.24, 2.45) is 0 Å². The molecule has 1 fully saturated rings. The number of aryl methyl sites for hydroxylation is 1. The summed E-state index contributed by atoms with van der Waals surface area (Å²) in [5.74, 6) is 0.882. The Morgan fingerprint density at radius 3 is 2.65 bits per heavy atom. The van der Waals surface area contributed by atoms with Gasteiger partial charge in [-0.15, -0.1) is 10.2 Å². The van der Waals surface area contributed by atoms with Gasteiger partial charge in [-0.1, -0.05) is 30.0 Å². The second-order valence-electron chi connectivity index (χ2n) is 7.71. The number of anilines is 1. The van der Waals surface area contributed by atoms with E-state index in [0.717, 1.165) is 16.9 Å². The number of carbonyl (C=O) groups is 3. The topological polar surface area (TPSA) is 127 Å². The van der Waals surface area contributed by atoms with Crippen LogP contribution in [0.15, 0.2) is 53.7 Å². The number of methoxy groups -OCH3 is 1. The summed E-state index contributed by atoms with van der Waals surface area (Å²) in [4.78, 5) is 36.1. The number of hydrogen-bond donors (Lipinski definition) is 3. The number of aromatic nitrogens is 3. The highest BCUT2D eigenvalue weighted by molar-refractivity contribution is 7.99. The molecular formula is C23H24N6O4S. The summed E-state index contributed by atoms with van der Waals surface area (Å²) < 4.78 is 7.07. The van der Waals surface area contributed by atoms with Crippen LogP contribution >= 0.6 is 11.8 Å². The molecule has 10 nitrogen and oxygen atoms in total. The lowest BCUT2D eigenvalue weighted by atomic mass is 10.1. The van der Waals surface area contributed by atoms with Gasteiger partial charge in [-0.05, 0) is 42.8 Å². The molecule has 1 saturated heterocycles. The average molecular weight is 481 g/mol. The predicted octanol–water partition coefficient (Wildman–Crippen LogP) is 2.46. The number of urea groups is 1. The third-order valence-electron chi connectivity index (χ3n) is 5.23. The molecule has 176 valence electrons. The van der Waals surface area contributed by atoms with Crippen molar-refractivity contribution in [2.75, 3.05) is 18.2 Å². The Morgan fingerprint density at radius 1 is 1.18 bits per heavy atom. The molecular weight excluding hydrogens is 456 g/mol. The normalized spacial score (nSPS) is 15.4. The van der Waals surface area contributed by atoms with E-state index in [1.807, 2.05) is 60.0 Å². The van der Waals surface area contributed by atoms with Crippen molar-refractivity contribution in [3.05, 3.63) is 59.9 Å². The highest BCUT2D eigenvalue weighted by atomic mass is 32.2. The fraction of sp³-hybridized carbons (Fsp3) is 0.261. The Kier molecular flexibility index (Phi) is 7.12. The van der Waals surface area contributed by atoms with Crippen LogP contribution in [0.25, 0.3) is 5.69 Å². The fourth-order valence-corrected chi connectivity index (χ4v) is 4.33. The second-order valence-corrected chi connectivity index (χ2v) is 8.65. The van der Waals surface area contributed by atoms with Crippen molar-refractivity contribution in [1.29, 1.82) is 0 Å². The van der Waals surface area contributed by atoms with E-state index in [2.05, 4.69) is 26.1 Å². The van der Waals surface area contributed by atoms with Crippen LogP contribution < -0.4 is 20.7 Å². The third-order valence-corrected chi connectivity index (χ3v) is 6.16. The van der Waals surface area contributed by atoms with Crippen LogP contribution in [0.4, 0.5) is 10.5 Å². The lowest BCUT2D eigenvalue weighted by molar-refractivity contribution is -0.121. The molecule has 0 saturated carbocycles. The van der Waals surface area contributed by atoms with Crippen LogP contribution in [-0.2, 0) is 16.0 Å². The molecule has 1 unspecified atom stereocenters. The zero-order chi connectivity index (χ0) is 24.1. The highest BCUT2D eigenvalue weighted by Crippen LogP contribution is 2.25. The van der Waals surface area contributed by atoms with E-state index in [9.17, 15) is 14.4 Å². The first-order valence-corrected chi connectivity index (χ1v) is 11.6. The molecule has 3 N–H and O–H groups in total. The van der Waals surface area contributed by atoms with Crippen molar-refractivity contribution in [2.45, 2.75) is 31.0 Å². The Morgan fingerprint density at radius 2 is 1.94 bits per heavy atom. The van der Waals surface area contributed by atoms with E-state index in [4.69, 9.17) is 4.74 Å². The van der Waals surface area contributed by atoms with E-state index in [0.29, 0.717) is 23.2 Å². The van der Waals surface area contributed by atoms with Gasteiger partial charge in [0, 0.05) is 30.3 Å². The monoisotopic (exact) mass is 480 g/mol. The van der Waals surface area contributed by atoms with Crippen LogP contribution in [0.2, 0.25) is 0 Å². The largest absolute Gasteiger partial charge is 0.497 e. The minimum atomic E-state index is -0.528. The summed E-state index contributed by atoms with van der Waals surface area (Å²) in [5, 5.41) is 17.0. The van der Waals surface area contributed by atoms with Crippen LogP contribution in [-0.4, -0.2) is 51.5 Å². The second kappa shape index (κ2) is 10.4. The van der Waals surface area contributed by atoms with Gasteiger partial charge in [-0.25, -0.2) is 4.79 Å². The molecule has 1 atom stereocenters. The number of thioether (sulfide) groups is 1. The van der Waals surface area contributed by atoms with Gasteiger partial charge >= 0.3 is 6.03 Å². The van der Waals surface area contributed by atoms with Crippen LogP contribution in [0.5, 0.6) is 5.75 Å². The van der Waals surface area contributed by atoms with Gasteiger partial charge in [-0.3, -0.25) is 19.5 Å². The Bertz CT molecular complexity index is 1190. The van der Waals surface area contributed by atoms with E-state index in [1.165, 1.54) is 11.8 Å². The highest BCUT2D eigenvalue weighted by Gasteiger charge is 2.27. The van der Waals surface area contributed by atoms with Gasteiger partial charge in [0.15, 0.2) is 5.16 Å². The van der Waals surface area contributed by atoms with Crippen molar-refractivity contribution in [1.82, 2.24) is 25.4 Å². The SMILES string of the molecule is COc1ccc(-n2c(CC3CC(=O)NC(=O)N3)nnc2SCC(=O)Nc2ccccc2C)cc1. The molecule has 0 radical (unpaired) electrons. The zero-order valence-corrected chi connectivity index (χ0v) is 19.5. The number of imide groups is 1. The molecule has 4 amide bonds. The number of rotatable bonds is 8. The third kappa shape index (κ3) is 5.54. The van der Waals surface area contributed by atoms with Crippen molar-refractivity contribution < 1.29 is 19.1 Å². The van der Waals surface area contributed by atoms with Gasteiger partial charge in [0.1, 0.15) is 11.6 Å². The standard InChI is InChI=1S/C23H24N6O4S/c1-14-5-3-4-6-18(14)25-21(31)13-34-23-28-27-19(11-15-12-20(30)26-22(32)24-15)29(23)16-7-9-17(33-2)10-8-16/h3-10,15H,11-13H2,1-2H3,(H,25,31)(H2,24,26,30,32). The maximum absolute atomic E-state index is 12.6. The quantitative estimate of drug-likeness (QED) is 0.423. The smallest absolute Gasteiger partial charge is 0.321 e. The number of amides is 4. The average Bonchev–Trinajstić information content (AvgIpc) is 3.21. The van der Waals surface area contributed by atoms with Gasteiger partial charge in [0.25, 0.3) is 0 Å². The maximum Gasteiger partial charge on any atom is 0.321 e. The molecule has 1 aliphatic rings. The summed E-state index contributed by atoms with van der Waals surface area (Å²) in [6.45, 7) is 1.93. The molecule has 4 rings (SSSR count).